The summed E-state index contributed by atoms with van der Waals surface area (Å²) in [4.78, 5) is 11.1. The van der Waals surface area contributed by atoms with E-state index in [2.05, 4.69) is 47.9 Å². The molecule has 1 N–H and O–H groups in total. The van der Waals surface area contributed by atoms with Crippen molar-refractivity contribution >= 4 is 63.1 Å². The Morgan fingerprint density at radius 1 is 1.08 bits per heavy atom. The van der Waals surface area contributed by atoms with Crippen LogP contribution in [0.5, 0.6) is 0 Å². The van der Waals surface area contributed by atoms with Crippen molar-refractivity contribution in [2.24, 2.45) is 0 Å². The third-order valence-corrected chi connectivity index (χ3v) is 4.64. The lowest BCUT2D eigenvalue weighted by Gasteiger charge is -2.30. The Hall–Kier alpha value is -0.520. The van der Waals surface area contributed by atoms with Gasteiger partial charge in [-0.25, -0.2) is 9.97 Å². The van der Waals surface area contributed by atoms with Crippen LogP contribution in [0.2, 0.25) is 5.02 Å². The van der Waals surface area contributed by atoms with E-state index >= 15 is 0 Å². The van der Waals surface area contributed by atoms with Gasteiger partial charge in [-0.3, -0.25) is 4.90 Å². The van der Waals surface area contributed by atoms with Crippen molar-refractivity contribution in [3.8, 4) is 0 Å². The maximum atomic E-state index is 6.12. The fraction of sp³-hybridized carbons (Fsp3) is 0.529. The van der Waals surface area contributed by atoms with Crippen LogP contribution in [0.15, 0.2) is 18.2 Å². The first kappa shape index (κ1) is 20.8. The molecule has 0 saturated heterocycles. The van der Waals surface area contributed by atoms with E-state index in [0.717, 1.165) is 11.9 Å². The topological polar surface area (TPSA) is 41.0 Å². The molecule has 0 atom stereocenters. The number of nitrogens with zero attached hydrogens (tertiary/aromatic N) is 3. The van der Waals surface area contributed by atoms with Gasteiger partial charge in [0.05, 0.1) is 5.52 Å². The predicted octanol–water partition coefficient (Wildman–Crippen LogP) is 5.64. The van der Waals surface area contributed by atoms with Gasteiger partial charge in [-0.05, 0) is 45.9 Å². The number of fused-ring (bicyclic) bond motifs is 1. The van der Waals surface area contributed by atoms with Gasteiger partial charge in [0, 0.05) is 35.6 Å². The normalized spacial score (nSPS) is 12.6. The van der Waals surface area contributed by atoms with Gasteiger partial charge < -0.3 is 5.32 Å². The minimum Gasteiger partial charge on any atom is -0.368 e. The second-order valence-electron chi connectivity index (χ2n) is 6.41. The molecular weight excluding hydrogens is 402 g/mol. The lowest BCUT2D eigenvalue weighted by Crippen LogP contribution is -2.40. The zero-order valence-corrected chi connectivity index (χ0v) is 17.7. The van der Waals surface area contributed by atoms with E-state index in [1.807, 2.05) is 6.07 Å². The first-order valence-corrected chi connectivity index (χ1v) is 9.65. The van der Waals surface area contributed by atoms with Crippen LogP contribution in [0.1, 0.15) is 33.5 Å². The summed E-state index contributed by atoms with van der Waals surface area (Å²) in [6.45, 7) is 10.3. The van der Waals surface area contributed by atoms with Gasteiger partial charge in [-0.15, -0.1) is 0 Å². The summed E-state index contributed by atoms with van der Waals surface area (Å²) in [5, 5.41) is 4.74. The molecule has 0 aliphatic rings. The van der Waals surface area contributed by atoms with Crippen molar-refractivity contribution in [1.29, 1.82) is 0 Å². The van der Waals surface area contributed by atoms with E-state index in [0.29, 0.717) is 35.0 Å². The van der Waals surface area contributed by atoms with Crippen molar-refractivity contribution < 1.29 is 0 Å². The van der Waals surface area contributed by atoms with Gasteiger partial charge in [-0.1, -0.05) is 46.4 Å². The van der Waals surface area contributed by atoms with Crippen LogP contribution < -0.4 is 5.32 Å². The summed E-state index contributed by atoms with van der Waals surface area (Å²) in [5.74, 6) is 0.751. The van der Waals surface area contributed by atoms with E-state index in [9.17, 15) is 0 Å². The number of nitrogens with one attached hydrogen (secondary N) is 1. The summed E-state index contributed by atoms with van der Waals surface area (Å²) in [6.07, 6.45) is 0. The Morgan fingerprint density at radius 2 is 1.72 bits per heavy atom. The van der Waals surface area contributed by atoms with Crippen LogP contribution in [0.3, 0.4) is 0 Å². The number of anilines is 1. The van der Waals surface area contributed by atoms with Gasteiger partial charge in [0.2, 0.25) is 3.79 Å². The molecule has 0 saturated carbocycles. The Bertz CT molecular complexity index is 720. The van der Waals surface area contributed by atoms with Crippen LogP contribution in [-0.4, -0.2) is 40.0 Å². The van der Waals surface area contributed by atoms with Crippen LogP contribution in [0, 0.1) is 0 Å². The molecule has 2 aromatic rings. The largest absolute Gasteiger partial charge is 0.368 e. The van der Waals surface area contributed by atoms with Crippen molar-refractivity contribution in [2.45, 2.75) is 43.6 Å². The lowest BCUT2D eigenvalue weighted by molar-refractivity contribution is 0.182. The lowest BCUT2D eigenvalue weighted by atomic mass is 10.2. The molecule has 1 aromatic heterocycles. The highest BCUT2D eigenvalue weighted by Crippen LogP contribution is 2.38. The van der Waals surface area contributed by atoms with Crippen molar-refractivity contribution in [2.75, 3.05) is 18.4 Å². The van der Waals surface area contributed by atoms with Crippen LogP contribution in [0.4, 0.5) is 5.82 Å². The molecule has 8 heteroatoms. The quantitative estimate of drug-likeness (QED) is 0.610. The Kier molecular flexibility index (Phi) is 7.02. The fourth-order valence-electron chi connectivity index (χ4n) is 2.78. The molecule has 0 aliphatic carbocycles. The summed E-state index contributed by atoms with van der Waals surface area (Å²) < 4.78 is -1.69. The van der Waals surface area contributed by atoms with Crippen molar-refractivity contribution in [3.63, 3.8) is 0 Å². The van der Waals surface area contributed by atoms with E-state index in [1.165, 1.54) is 0 Å². The summed E-state index contributed by atoms with van der Waals surface area (Å²) >= 11 is 24.0. The molecule has 138 valence electrons. The first-order chi connectivity index (χ1) is 11.6. The zero-order chi connectivity index (χ0) is 18.8. The molecule has 0 spiro atoms. The maximum Gasteiger partial charge on any atom is 0.250 e. The van der Waals surface area contributed by atoms with E-state index in [4.69, 9.17) is 46.4 Å². The summed E-state index contributed by atoms with van der Waals surface area (Å²) in [6, 6.07) is 6.26. The molecule has 0 fully saturated rings. The van der Waals surface area contributed by atoms with Crippen LogP contribution in [-0.2, 0) is 3.79 Å². The van der Waals surface area contributed by atoms with E-state index < -0.39 is 3.79 Å². The average molecular weight is 424 g/mol. The number of aromatic nitrogens is 2. The third kappa shape index (κ3) is 5.48. The fourth-order valence-corrected chi connectivity index (χ4v) is 3.20. The third-order valence-electron chi connectivity index (χ3n) is 3.90. The monoisotopic (exact) mass is 422 g/mol. The minimum absolute atomic E-state index is 0.138. The molecule has 25 heavy (non-hydrogen) atoms. The van der Waals surface area contributed by atoms with Crippen molar-refractivity contribution in [1.82, 2.24) is 14.9 Å². The number of rotatable bonds is 6. The number of alkyl halides is 3. The predicted molar refractivity (Wildman–Crippen MR) is 109 cm³/mol. The number of hydrogen-bond acceptors (Lipinski definition) is 4. The molecule has 0 amide bonds. The van der Waals surface area contributed by atoms with Gasteiger partial charge in [0.15, 0.2) is 5.82 Å². The van der Waals surface area contributed by atoms with Crippen LogP contribution in [0.25, 0.3) is 10.9 Å². The molecule has 0 aliphatic heterocycles. The highest BCUT2D eigenvalue weighted by molar-refractivity contribution is 6.66. The molecule has 4 nitrogen and oxygen atoms in total. The standard InChI is InChI=1S/C17H22Cl4N4/c1-10(2)25(11(3)4)8-7-22-15-13-9-12(18)5-6-14(13)23-16(24-15)17(19,20)21/h5-6,9-11H,7-8H2,1-4H3,(H,22,23,24). The minimum atomic E-state index is -1.69. The first-order valence-electron chi connectivity index (χ1n) is 8.13. The number of benzene rings is 1. The summed E-state index contributed by atoms with van der Waals surface area (Å²) in [5.41, 5.74) is 0.674. The Balaban J connectivity index is 2.30. The highest BCUT2D eigenvalue weighted by atomic mass is 35.6. The SMILES string of the molecule is CC(C)N(CCNc1nc(C(Cl)(Cl)Cl)nc2ccc(Cl)cc12)C(C)C. The zero-order valence-electron chi connectivity index (χ0n) is 14.7. The molecule has 1 heterocycles. The number of hydrogen-bond donors (Lipinski definition) is 1. The van der Waals surface area contributed by atoms with Gasteiger partial charge in [-0.2, -0.15) is 0 Å². The second-order valence-corrected chi connectivity index (χ2v) is 9.12. The second kappa shape index (κ2) is 8.45. The molecule has 0 radical (unpaired) electrons. The Morgan fingerprint density at radius 3 is 2.28 bits per heavy atom. The molecule has 2 rings (SSSR count). The van der Waals surface area contributed by atoms with Crippen LogP contribution >= 0.6 is 46.4 Å². The smallest absolute Gasteiger partial charge is 0.250 e. The van der Waals surface area contributed by atoms with Gasteiger partial charge in [0.25, 0.3) is 0 Å². The molecular formula is C17H22Cl4N4. The van der Waals surface area contributed by atoms with Crippen molar-refractivity contribution in [3.05, 3.63) is 29.0 Å². The maximum absolute atomic E-state index is 6.12. The highest BCUT2D eigenvalue weighted by Gasteiger charge is 2.28. The average Bonchev–Trinajstić information content (AvgIpc) is 2.49. The molecule has 1 aromatic carbocycles. The van der Waals surface area contributed by atoms with Gasteiger partial charge in [0.1, 0.15) is 5.82 Å². The van der Waals surface area contributed by atoms with Gasteiger partial charge >= 0.3 is 0 Å². The molecule has 0 bridgehead atoms. The molecule has 0 unspecified atom stereocenters. The van der Waals surface area contributed by atoms with E-state index in [1.54, 1.807) is 12.1 Å². The Labute approximate surface area is 168 Å². The number of halogens is 4. The summed E-state index contributed by atoms with van der Waals surface area (Å²) in [7, 11) is 0. The van der Waals surface area contributed by atoms with E-state index in [-0.39, 0.29) is 5.82 Å².